The van der Waals surface area contributed by atoms with E-state index in [-0.39, 0.29) is 6.04 Å². The Kier molecular flexibility index (Phi) is 5.85. The van der Waals surface area contributed by atoms with Crippen LogP contribution in [0.3, 0.4) is 0 Å². The van der Waals surface area contributed by atoms with Crippen LogP contribution in [0.25, 0.3) is 33.3 Å². The van der Waals surface area contributed by atoms with Gasteiger partial charge in [0.1, 0.15) is 0 Å². The van der Waals surface area contributed by atoms with E-state index in [9.17, 15) is 4.39 Å². The normalized spacial score (nSPS) is 14.9. The summed E-state index contributed by atoms with van der Waals surface area (Å²) in [5, 5.41) is 8.44. The van der Waals surface area contributed by atoms with Gasteiger partial charge in [-0.15, -0.1) is 5.10 Å². The van der Waals surface area contributed by atoms with Gasteiger partial charge in [0.05, 0.1) is 18.7 Å². The Hall–Kier alpha value is -2.18. The first-order valence-electron chi connectivity index (χ1n) is 9.94. The maximum atomic E-state index is 14.8. The fraction of sp³-hybridized carbons (Fsp3) is 0.286. The van der Waals surface area contributed by atoms with E-state index in [1.165, 1.54) is 9.12 Å². The minimum absolute atomic E-state index is 0.221. The molecule has 0 unspecified atom stereocenters. The maximum absolute atomic E-state index is 14.8. The molecule has 0 atom stereocenters. The lowest BCUT2D eigenvalue weighted by molar-refractivity contribution is 0.334. The topological polar surface area (TPSA) is 69.8 Å². The van der Waals surface area contributed by atoms with Crippen molar-refractivity contribution in [1.29, 1.82) is 0 Å². The number of hydrogen-bond acceptors (Lipinski definition) is 6. The third-order valence-corrected chi connectivity index (χ3v) is 7.32. The van der Waals surface area contributed by atoms with E-state index in [1.54, 1.807) is 24.2 Å². The first kappa shape index (κ1) is 20.7. The molecule has 5 heterocycles. The van der Waals surface area contributed by atoms with Crippen molar-refractivity contribution in [3.63, 3.8) is 0 Å². The van der Waals surface area contributed by atoms with E-state index in [1.807, 2.05) is 34.6 Å². The number of fused-ring (bicyclic) bond motifs is 1. The monoisotopic (exact) mass is 550 g/mol. The molecule has 4 aromatic rings. The number of rotatable bonds is 5. The van der Waals surface area contributed by atoms with Crippen molar-refractivity contribution < 1.29 is 9.13 Å². The molecule has 0 spiro atoms. The number of aromatic nitrogens is 5. The lowest BCUT2D eigenvalue weighted by atomic mass is 10.0. The summed E-state index contributed by atoms with van der Waals surface area (Å²) in [5.41, 5.74) is 3.93. The first-order chi connectivity index (χ1) is 15.2. The number of piperidine rings is 1. The van der Waals surface area contributed by atoms with Crippen LogP contribution in [-0.4, -0.2) is 43.9 Å². The molecule has 1 aliphatic heterocycles. The van der Waals surface area contributed by atoms with Gasteiger partial charge in [-0.3, -0.25) is 8.65 Å². The van der Waals surface area contributed by atoms with Crippen molar-refractivity contribution in [2.45, 2.75) is 18.9 Å². The fourth-order valence-corrected chi connectivity index (χ4v) is 5.25. The molecule has 0 amide bonds. The molecular formula is C21H20FIN6OS. The standard InChI is InChI=1S/C21H20FIN6OS/c1-30-19-3-2-13(9-25-19)17-12-29(31-23)21-16(17)8-14(10-26-21)18-11-28(27-20(18)22)15-4-6-24-7-5-15/h2-3,8-12,15,24H,4-7H2,1H3. The molecule has 0 radical (unpaired) electrons. The molecule has 5 rings (SSSR count). The lowest BCUT2D eigenvalue weighted by Crippen LogP contribution is -2.29. The van der Waals surface area contributed by atoms with Crippen LogP contribution in [0.15, 0.2) is 43.0 Å². The van der Waals surface area contributed by atoms with Crippen LogP contribution in [-0.2, 0) is 0 Å². The van der Waals surface area contributed by atoms with Gasteiger partial charge < -0.3 is 10.1 Å². The maximum Gasteiger partial charge on any atom is 0.240 e. The highest BCUT2D eigenvalue weighted by atomic mass is 127. The molecule has 0 bridgehead atoms. The lowest BCUT2D eigenvalue weighted by Gasteiger charge is -2.22. The third kappa shape index (κ3) is 3.92. The molecule has 10 heteroatoms. The molecule has 1 aliphatic rings. The van der Waals surface area contributed by atoms with Gasteiger partial charge in [-0.2, -0.15) is 4.39 Å². The Labute approximate surface area is 195 Å². The van der Waals surface area contributed by atoms with Crippen LogP contribution in [0, 0.1) is 5.95 Å². The number of hydrogen-bond donors (Lipinski definition) is 1. The van der Waals surface area contributed by atoms with Crippen molar-refractivity contribution in [3.05, 3.63) is 48.9 Å². The second-order valence-electron chi connectivity index (χ2n) is 7.42. The van der Waals surface area contributed by atoms with Crippen molar-refractivity contribution in [2.24, 2.45) is 0 Å². The van der Waals surface area contributed by atoms with E-state index in [2.05, 4.69) is 41.6 Å². The largest absolute Gasteiger partial charge is 0.481 e. The van der Waals surface area contributed by atoms with Crippen molar-refractivity contribution >= 4 is 41.4 Å². The molecule has 0 saturated carbocycles. The Morgan fingerprint density at radius 2 is 1.94 bits per heavy atom. The summed E-state index contributed by atoms with van der Waals surface area (Å²) in [6.45, 7) is 1.85. The van der Waals surface area contributed by atoms with E-state index in [0.29, 0.717) is 17.0 Å². The van der Waals surface area contributed by atoms with Crippen LogP contribution < -0.4 is 10.1 Å². The van der Waals surface area contributed by atoms with E-state index in [0.717, 1.165) is 48.1 Å². The zero-order chi connectivity index (χ0) is 21.4. The van der Waals surface area contributed by atoms with Crippen molar-refractivity contribution in [2.75, 3.05) is 20.2 Å². The number of nitrogens with one attached hydrogen (secondary N) is 1. The average molecular weight is 550 g/mol. The summed E-state index contributed by atoms with van der Waals surface area (Å²) in [7, 11) is 3.12. The van der Waals surface area contributed by atoms with Gasteiger partial charge in [0.2, 0.25) is 11.8 Å². The number of ether oxygens (including phenoxy) is 1. The second kappa shape index (κ2) is 8.75. The van der Waals surface area contributed by atoms with Gasteiger partial charge in [0.25, 0.3) is 0 Å². The molecule has 1 N–H and O–H groups in total. The second-order valence-corrected chi connectivity index (χ2v) is 9.13. The predicted octanol–water partition coefficient (Wildman–Crippen LogP) is 4.88. The van der Waals surface area contributed by atoms with Gasteiger partial charge in [-0.25, -0.2) is 9.97 Å². The Morgan fingerprint density at radius 3 is 2.65 bits per heavy atom. The minimum atomic E-state index is -0.463. The van der Waals surface area contributed by atoms with Gasteiger partial charge in [-0.05, 0) is 38.1 Å². The van der Waals surface area contributed by atoms with Crippen LogP contribution in [0.5, 0.6) is 5.88 Å². The summed E-state index contributed by atoms with van der Waals surface area (Å²) in [4.78, 5) is 8.98. The molecule has 160 valence electrons. The van der Waals surface area contributed by atoms with Crippen LogP contribution in [0.4, 0.5) is 4.39 Å². The minimum Gasteiger partial charge on any atom is -0.481 e. The highest BCUT2D eigenvalue weighted by molar-refractivity contribution is 14.2. The summed E-state index contributed by atoms with van der Waals surface area (Å²) >= 11 is 2.22. The quantitative estimate of drug-likeness (QED) is 0.358. The highest BCUT2D eigenvalue weighted by Crippen LogP contribution is 2.36. The summed E-state index contributed by atoms with van der Waals surface area (Å²) in [6.07, 6.45) is 9.22. The van der Waals surface area contributed by atoms with Gasteiger partial charge >= 0.3 is 0 Å². The number of nitrogens with zero attached hydrogens (tertiary/aromatic N) is 5. The molecule has 0 aliphatic carbocycles. The third-order valence-electron chi connectivity index (χ3n) is 5.62. The predicted molar refractivity (Wildman–Crippen MR) is 129 cm³/mol. The summed E-state index contributed by atoms with van der Waals surface area (Å²) < 4.78 is 23.8. The Balaban J connectivity index is 1.58. The zero-order valence-electron chi connectivity index (χ0n) is 16.8. The summed E-state index contributed by atoms with van der Waals surface area (Å²) in [5.74, 6) is 0.0945. The average Bonchev–Trinajstić information content (AvgIpc) is 3.40. The molecule has 1 saturated heterocycles. The SMILES string of the molecule is COc1ccc(-c2cn(SI)c3ncc(-c4cn(C5CCNCC5)nc4F)cc23)cn1. The highest BCUT2D eigenvalue weighted by Gasteiger charge is 2.21. The van der Waals surface area contributed by atoms with Crippen LogP contribution in [0.1, 0.15) is 18.9 Å². The smallest absolute Gasteiger partial charge is 0.240 e. The van der Waals surface area contributed by atoms with Crippen LogP contribution >= 0.6 is 30.3 Å². The van der Waals surface area contributed by atoms with Crippen molar-refractivity contribution in [3.8, 4) is 28.1 Å². The molecule has 7 nitrogen and oxygen atoms in total. The molecular weight excluding hydrogens is 530 g/mol. The van der Waals surface area contributed by atoms with E-state index >= 15 is 0 Å². The first-order valence-corrected chi connectivity index (χ1v) is 13.3. The van der Waals surface area contributed by atoms with E-state index in [4.69, 9.17) is 4.74 Å². The fourth-order valence-electron chi connectivity index (χ4n) is 3.99. The zero-order valence-corrected chi connectivity index (χ0v) is 19.7. The molecule has 0 aromatic carbocycles. The van der Waals surface area contributed by atoms with Gasteiger partial charge in [-0.1, -0.05) is 0 Å². The Morgan fingerprint density at radius 1 is 1.13 bits per heavy atom. The number of pyridine rings is 2. The van der Waals surface area contributed by atoms with Gasteiger partial charge in [0, 0.05) is 83.3 Å². The van der Waals surface area contributed by atoms with E-state index < -0.39 is 5.95 Å². The number of halogens is 2. The molecule has 4 aromatic heterocycles. The van der Waals surface area contributed by atoms with Crippen molar-refractivity contribution in [1.82, 2.24) is 29.0 Å². The Bertz CT molecular complexity index is 1220. The molecule has 1 fully saturated rings. The summed E-state index contributed by atoms with van der Waals surface area (Å²) in [6, 6.07) is 6.00. The van der Waals surface area contributed by atoms with Gasteiger partial charge in [0.15, 0.2) is 5.65 Å². The number of methoxy groups -OCH3 is 1. The molecule has 31 heavy (non-hydrogen) atoms. The van der Waals surface area contributed by atoms with Crippen LogP contribution in [0.2, 0.25) is 0 Å².